The number of carbonyl (C=O) groups is 1. The lowest BCUT2D eigenvalue weighted by Gasteiger charge is -2.24. The van der Waals surface area contributed by atoms with E-state index in [9.17, 15) is 4.79 Å². The first-order valence-corrected chi connectivity index (χ1v) is 8.98. The molecule has 0 bridgehead atoms. The second-order valence-corrected chi connectivity index (χ2v) is 6.96. The largest absolute Gasteiger partial charge is 0.367 e. The summed E-state index contributed by atoms with van der Waals surface area (Å²) >= 11 is 0. The van der Waals surface area contributed by atoms with E-state index in [-0.39, 0.29) is 11.8 Å². The predicted molar refractivity (Wildman–Crippen MR) is 96.8 cm³/mol. The summed E-state index contributed by atoms with van der Waals surface area (Å²) in [6, 6.07) is 17.3. The van der Waals surface area contributed by atoms with Crippen LogP contribution in [0.2, 0.25) is 0 Å². The van der Waals surface area contributed by atoms with Crippen LogP contribution in [0.3, 0.4) is 0 Å². The first-order valence-electron chi connectivity index (χ1n) is 8.98. The van der Waals surface area contributed by atoms with Crippen LogP contribution in [0.25, 0.3) is 0 Å². The maximum atomic E-state index is 11.9. The summed E-state index contributed by atoms with van der Waals surface area (Å²) in [6.07, 6.45) is 4.46. The van der Waals surface area contributed by atoms with Crippen LogP contribution in [-0.2, 0) is 24.3 Å². The highest BCUT2D eigenvalue weighted by Crippen LogP contribution is 2.29. The van der Waals surface area contributed by atoms with Gasteiger partial charge in [-0.25, -0.2) is 0 Å². The van der Waals surface area contributed by atoms with Gasteiger partial charge < -0.3 is 10.2 Å². The van der Waals surface area contributed by atoms with Crippen molar-refractivity contribution < 1.29 is 4.79 Å². The summed E-state index contributed by atoms with van der Waals surface area (Å²) in [5.41, 5.74) is 5.32. The Kier molecular flexibility index (Phi) is 4.24. The molecule has 1 aliphatic carbocycles. The number of hydrogen-bond donors (Lipinski definition) is 1. The van der Waals surface area contributed by atoms with Crippen molar-refractivity contribution in [3.63, 3.8) is 0 Å². The highest BCUT2D eigenvalue weighted by atomic mass is 16.1. The third-order valence-corrected chi connectivity index (χ3v) is 5.32. The van der Waals surface area contributed by atoms with Crippen LogP contribution in [0.1, 0.15) is 36.0 Å². The molecule has 0 spiro atoms. The van der Waals surface area contributed by atoms with Gasteiger partial charge in [-0.1, -0.05) is 48.9 Å². The van der Waals surface area contributed by atoms with Crippen molar-refractivity contribution in [2.24, 2.45) is 5.92 Å². The number of nitrogens with zero attached hydrogens (tertiary/aromatic N) is 1. The highest BCUT2D eigenvalue weighted by molar-refractivity contribution is 5.79. The van der Waals surface area contributed by atoms with E-state index in [1.165, 1.54) is 28.8 Å². The number of rotatable bonds is 5. The van der Waals surface area contributed by atoms with Crippen molar-refractivity contribution in [2.75, 3.05) is 11.4 Å². The Morgan fingerprint density at radius 1 is 1.04 bits per heavy atom. The van der Waals surface area contributed by atoms with E-state index < -0.39 is 0 Å². The molecule has 2 aliphatic rings. The van der Waals surface area contributed by atoms with E-state index in [1.54, 1.807) is 0 Å². The second-order valence-electron chi connectivity index (χ2n) is 6.96. The minimum absolute atomic E-state index is 0.221. The zero-order chi connectivity index (χ0) is 16.4. The zero-order valence-electron chi connectivity index (χ0n) is 14.0. The lowest BCUT2D eigenvalue weighted by molar-refractivity contribution is -0.127. The maximum Gasteiger partial charge on any atom is 0.223 e. The van der Waals surface area contributed by atoms with Crippen molar-refractivity contribution in [1.82, 2.24) is 5.32 Å². The summed E-state index contributed by atoms with van der Waals surface area (Å²) < 4.78 is 0. The Hall–Kier alpha value is -2.29. The second kappa shape index (κ2) is 6.68. The van der Waals surface area contributed by atoms with Crippen LogP contribution in [0, 0.1) is 5.92 Å². The van der Waals surface area contributed by atoms with Crippen molar-refractivity contribution >= 4 is 11.6 Å². The molecular formula is C21H24N2O. The van der Waals surface area contributed by atoms with Crippen molar-refractivity contribution in [3.05, 3.63) is 65.2 Å². The van der Waals surface area contributed by atoms with Gasteiger partial charge in [-0.15, -0.1) is 0 Å². The van der Waals surface area contributed by atoms with Crippen molar-refractivity contribution in [2.45, 2.75) is 38.8 Å². The maximum absolute atomic E-state index is 11.9. The molecule has 24 heavy (non-hydrogen) atoms. The van der Waals surface area contributed by atoms with E-state index in [0.717, 1.165) is 32.4 Å². The fourth-order valence-electron chi connectivity index (χ4n) is 3.56. The molecule has 1 aliphatic heterocycles. The molecule has 0 saturated heterocycles. The van der Waals surface area contributed by atoms with Gasteiger partial charge in [0.05, 0.1) is 0 Å². The Balaban J connectivity index is 1.33. The SMILES string of the molecule is O=C(NCc1ccc(CN2CCc3ccccc32)cc1)C1CCC1. The molecule has 124 valence electrons. The molecule has 0 atom stereocenters. The Morgan fingerprint density at radius 2 is 1.79 bits per heavy atom. The number of anilines is 1. The molecule has 1 saturated carbocycles. The molecule has 2 aromatic carbocycles. The van der Waals surface area contributed by atoms with E-state index in [1.807, 2.05) is 0 Å². The van der Waals surface area contributed by atoms with Gasteiger partial charge in [-0.05, 0) is 42.0 Å². The van der Waals surface area contributed by atoms with Gasteiger partial charge in [-0.3, -0.25) is 4.79 Å². The van der Waals surface area contributed by atoms with Crippen LogP contribution >= 0.6 is 0 Å². The standard InChI is InChI=1S/C21H24N2O/c24-21(19-5-3-6-19)22-14-16-8-10-17(11-9-16)15-23-13-12-18-4-1-2-7-20(18)23/h1-2,4,7-11,19H,3,5-6,12-15H2,(H,22,24). The van der Waals surface area contributed by atoms with E-state index in [4.69, 9.17) is 0 Å². The molecule has 1 N–H and O–H groups in total. The summed E-state index contributed by atoms with van der Waals surface area (Å²) in [7, 11) is 0. The Bertz CT molecular complexity index is 719. The number of hydrogen-bond acceptors (Lipinski definition) is 2. The quantitative estimate of drug-likeness (QED) is 0.912. The van der Waals surface area contributed by atoms with Gasteiger partial charge in [0.2, 0.25) is 5.91 Å². The van der Waals surface area contributed by atoms with Gasteiger partial charge >= 0.3 is 0 Å². The van der Waals surface area contributed by atoms with Crippen LogP contribution in [0.5, 0.6) is 0 Å². The lowest BCUT2D eigenvalue weighted by atomic mass is 9.85. The number of amides is 1. The molecule has 1 amide bonds. The minimum Gasteiger partial charge on any atom is -0.367 e. The minimum atomic E-state index is 0.221. The third kappa shape index (κ3) is 3.16. The first kappa shape index (κ1) is 15.3. The summed E-state index contributed by atoms with van der Waals surface area (Å²) in [5.74, 6) is 0.485. The topological polar surface area (TPSA) is 32.3 Å². The summed E-state index contributed by atoms with van der Waals surface area (Å²) in [6.45, 7) is 2.69. The molecule has 1 fully saturated rings. The van der Waals surface area contributed by atoms with Crippen molar-refractivity contribution in [1.29, 1.82) is 0 Å². The van der Waals surface area contributed by atoms with Gasteiger partial charge in [0, 0.05) is 31.2 Å². The first-order chi connectivity index (χ1) is 11.8. The number of carbonyl (C=O) groups excluding carboxylic acids is 1. The van der Waals surface area contributed by atoms with Crippen molar-refractivity contribution in [3.8, 4) is 0 Å². The summed E-state index contributed by atoms with van der Waals surface area (Å²) in [4.78, 5) is 14.3. The fourth-order valence-corrected chi connectivity index (χ4v) is 3.56. The highest BCUT2D eigenvalue weighted by Gasteiger charge is 2.24. The van der Waals surface area contributed by atoms with Crippen LogP contribution < -0.4 is 10.2 Å². The number of para-hydroxylation sites is 1. The summed E-state index contributed by atoms with van der Waals surface area (Å²) in [5, 5.41) is 3.06. The average Bonchev–Trinajstić information content (AvgIpc) is 2.96. The normalized spacial score (nSPS) is 16.6. The van der Waals surface area contributed by atoms with Gasteiger partial charge in [0.1, 0.15) is 0 Å². The monoisotopic (exact) mass is 320 g/mol. The third-order valence-electron chi connectivity index (χ3n) is 5.32. The smallest absolute Gasteiger partial charge is 0.223 e. The zero-order valence-corrected chi connectivity index (χ0v) is 14.0. The molecule has 0 unspecified atom stereocenters. The predicted octanol–water partition coefficient (Wildman–Crippen LogP) is 3.67. The van der Waals surface area contributed by atoms with E-state index in [2.05, 4.69) is 58.7 Å². The molecule has 0 aromatic heterocycles. The molecule has 2 aromatic rings. The molecular weight excluding hydrogens is 296 g/mol. The number of fused-ring (bicyclic) bond motifs is 1. The fraction of sp³-hybridized carbons (Fsp3) is 0.381. The molecule has 4 rings (SSSR count). The number of nitrogens with one attached hydrogen (secondary N) is 1. The Morgan fingerprint density at radius 3 is 2.54 bits per heavy atom. The lowest BCUT2D eigenvalue weighted by Crippen LogP contribution is -2.33. The molecule has 0 radical (unpaired) electrons. The van der Waals surface area contributed by atoms with E-state index in [0.29, 0.717) is 6.54 Å². The van der Waals surface area contributed by atoms with Crippen LogP contribution in [0.4, 0.5) is 5.69 Å². The number of benzene rings is 2. The Labute approximate surface area is 143 Å². The molecule has 1 heterocycles. The van der Waals surface area contributed by atoms with Crippen LogP contribution in [-0.4, -0.2) is 12.5 Å². The van der Waals surface area contributed by atoms with Gasteiger partial charge in [-0.2, -0.15) is 0 Å². The molecule has 3 nitrogen and oxygen atoms in total. The van der Waals surface area contributed by atoms with Gasteiger partial charge in [0.15, 0.2) is 0 Å². The molecule has 3 heteroatoms. The van der Waals surface area contributed by atoms with Crippen LogP contribution in [0.15, 0.2) is 48.5 Å². The van der Waals surface area contributed by atoms with E-state index >= 15 is 0 Å². The average molecular weight is 320 g/mol. The van der Waals surface area contributed by atoms with Gasteiger partial charge in [0.25, 0.3) is 0 Å².